The number of hydrogen-bond acceptors (Lipinski definition) is 3. The Morgan fingerprint density at radius 3 is 2.50 bits per heavy atom. The maximum Gasteiger partial charge on any atom is 0.254 e. The first-order chi connectivity index (χ1) is 9.63. The van der Waals surface area contributed by atoms with Crippen LogP contribution in [0, 0.1) is 0 Å². The summed E-state index contributed by atoms with van der Waals surface area (Å²) in [6.45, 7) is 3.33. The number of carbonyl (C=O) groups is 2. The third-order valence-corrected chi connectivity index (χ3v) is 3.58. The van der Waals surface area contributed by atoms with E-state index in [0.29, 0.717) is 5.56 Å². The van der Waals surface area contributed by atoms with Crippen LogP contribution in [0.4, 0.5) is 5.69 Å². The number of nitrogens with one attached hydrogen (secondary N) is 2. The van der Waals surface area contributed by atoms with E-state index in [2.05, 4.69) is 10.6 Å². The average molecular weight is 275 g/mol. The summed E-state index contributed by atoms with van der Waals surface area (Å²) < 4.78 is 0. The first-order valence-electron chi connectivity index (χ1n) is 7.00. The van der Waals surface area contributed by atoms with Gasteiger partial charge in [-0.3, -0.25) is 9.59 Å². The zero-order valence-corrected chi connectivity index (χ0v) is 12.0. The van der Waals surface area contributed by atoms with E-state index in [-0.39, 0.29) is 11.8 Å². The molecule has 1 saturated heterocycles. The molecule has 0 aromatic heterocycles. The molecule has 0 radical (unpaired) electrons. The summed E-state index contributed by atoms with van der Waals surface area (Å²) in [4.78, 5) is 26.2. The Morgan fingerprint density at radius 2 is 1.85 bits per heavy atom. The zero-order chi connectivity index (χ0) is 14.5. The molecule has 20 heavy (non-hydrogen) atoms. The lowest BCUT2D eigenvalue weighted by Crippen LogP contribution is -2.46. The number of likely N-dealkylation sites (tertiary alicyclic amines) is 1. The highest BCUT2D eigenvalue weighted by Crippen LogP contribution is 2.14. The molecule has 5 nitrogen and oxygen atoms in total. The first kappa shape index (κ1) is 14.4. The lowest BCUT2D eigenvalue weighted by molar-refractivity contribution is -0.131. The van der Waals surface area contributed by atoms with E-state index in [1.165, 1.54) is 0 Å². The van der Waals surface area contributed by atoms with Crippen molar-refractivity contribution in [2.24, 2.45) is 0 Å². The topological polar surface area (TPSA) is 61.4 Å². The van der Waals surface area contributed by atoms with Crippen LogP contribution in [0.15, 0.2) is 24.3 Å². The molecule has 0 aliphatic carbocycles. The van der Waals surface area contributed by atoms with Crippen molar-refractivity contribution in [3.63, 3.8) is 0 Å². The van der Waals surface area contributed by atoms with Gasteiger partial charge in [0.05, 0.1) is 5.56 Å². The van der Waals surface area contributed by atoms with Crippen molar-refractivity contribution in [2.45, 2.75) is 25.8 Å². The number of amides is 2. The van der Waals surface area contributed by atoms with Gasteiger partial charge in [-0.25, -0.2) is 0 Å². The summed E-state index contributed by atoms with van der Waals surface area (Å²) in [6.07, 6.45) is 2.10. The van der Waals surface area contributed by atoms with Crippen molar-refractivity contribution in [2.75, 3.05) is 25.5 Å². The molecule has 1 heterocycles. The highest BCUT2D eigenvalue weighted by molar-refractivity contribution is 6.01. The fraction of sp³-hybridized carbons (Fsp3) is 0.467. The van der Waals surface area contributed by atoms with Crippen LogP contribution in [0.1, 0.15) is 30.1 Å². The van der Waals surface area contributed by atoms with Gasteiger partial charge in [0, 0.05) is 25.8 Å². The van der Waals surface area contributed by atoms with Gasteiger partial charge in [0.15, 0.2) is 0 Å². The molecular formula is C15H21N3O2. The number of nitrogens with zero attached hydrogens (tertiary/aromatic N) is 1. The summed E-state index contributed by atoms with van der Waals surface area (Å²) in [5.41, 5.74) is 1.31. The smallest absolute Gasteiger partial charge is 0.254 e. The maximum atomic E-state index is 12.2. The van der Waals surface area contributed by atoms with Crippen LogP contribution in [0.3, 0.4) is 0 Å². The zero-order valence-electron chi connectivity index (χ0n) is 12.0. The molecule has 1 fully saturated rings. The average Bonchev–Trinajstić information content (AvgIpc) is 3.00. The largest absolute Gasteiger partial charge is 0.387 e. The molecule has 2 N–H and O–H groups in total. The van der Waals surface area contributed by atoms with Crippen molar-refractivity contribution < 1.29 is 9.59 Å². The molecule has 0 saturated carbocycles. The fourth-order valence-corrected chi connectivity index (χ4v) is 2.45. The molecule has 0 bridgehead atoms. The molecule has 1 unspecified atom stereocenters. The molecule has 1 aliphatic heterocycles. The maximum absolute atomic E-state index is 12.2. The van der Waals surface area contributed by atoms with Gasteiger partial charge < -0.3 is 15.5 Å². The van der Waals surface area contributed by atoms with Crippen LogP contribution in [-0.2, 0) is 4.79 Å². The fourth-order valence-electron chi connectivity index (χ4n) is 2.45. The summed E-state index contributed by atoms with van der Waals surface area (Å²) in [6, 6.07) is 6.76. The van der Waals surface area contributed by atoms with Gasteiger partial charge in [-0.05, 0) is 31.9 Å². The second kappa shape index (κ2) is 6.41. The highest BCUT2D eigenvalue weighted by Gasteiger charge is 2.25. The molecule has 1 aromatic carbocycles. The normalized spacial score (nSPS) is 15.8. The Balaban J connectivity index is 2.01. The highest BCUT2D eigenvalue weighted by atomic mass is 16.2. The Hall–Kier alpha value is -2.04. The van der Waals surface area contributed by atoms with Crippen molar-refractivity contribution in [1.82, 2.24) is 10.2 Å². The molecule has 1 atom stereocenters. The first-order valence-corrected chi connectivity index (χ1v) is 7.00. The van der Waals surface area contributed by atoms with Crippen LogP contribution >= 0.6 is 0 Å². The van der Waals surface area contributed by atoms with Crippen molar-refractivity contribution >= 4 is 17.5 Å². The Kier molecular flexibility index (Phi) is 4.61. The molecular weight excluding hydrogens is 254 g/mol. The van der Waals surface area contributed by atoms with Gasteiger partial charge in [0.2, 0.25) is 5.91 Å². The van der Waals surface area contributed by atoms with Gasteiger partial charge in [-0.15, -0.1) is 0 Å². The van der Waals surface area contributed by atoms with Crippen LogP contribution in [0.25, 0.3) is 0 Å². The van der Waals surface area contributed by atoms with Gasteiger partial charge >= 0.3 is 0 Å². The minimum Gasteiger partial charge on any atom is -0.387 e. The second-order valence-corrected chi connectivity index (χ2v) is 5.02. The van der Waals surface area contributed by atoms with E-state index >= 15 is 0 Å². The van der Waals surface area contributed by atoms with Crippen LogP contribution < -0.4 is 10.6 Å². The lowest BCUT2D eigenvalue weighted by Gasteiger charge is -2.21. The Bertz CT molecular complexity index is 496. The number of benzene rings is 1. The molecule has 1 aromatic rings. The summed E-state index contributed by atoms with van der Waals surface area (Å²) >= 11 is 0. The number of hydrogen-bond donors (Lipinski definition) is 2. The van der Waals surface area contributed by atoms with Crippen molar-refractivity contribution in [3.05, 3.63) is 29.8 Å². The predicted octanol–water partition coefficient (Wildman–Crippen LogP) is 1.47. The minimum atomic E-state index is -0.495. The summed E-state index contributed by atoms with van der Waals surface area (Å²) in [5, 5.41) is 5.76. The number of rotatable bonds is 4. The Morgan fingerprint density at radius 1 is 1.20 bits per heavy atom. The molecule has 2 amide bonds. The van der Waals surface area contributed by atoms with E-state index in [4.69, 9.17) is 0 Å². The van der Waals surface area contributed by atoms with Crippen molar-refractivity contribution in [3.8, 4) is 0 Å². The summed E-state index contributed by atoms with van der Waals surface area (Å²) in [7, 11) is 1.77. The van der Waals surface area contributed by atoms with Crippen LogP contribution in [-0.4, -0.2) is 42.9 Å². The minimum absolute atomic E-state index is 0.00205. The molecule has 0 spiro atoms. The number of para-hydroxylation sites is 1. The van der Waals surface area contributed by atoms with Crippen LogP contribution in [0.5, 0.6) is 0 Å². The van der Waals surface area contributed by atoms with E-state index in [1.807, 2.05) is 23.1 Å². The van der Waals surface area contributed by atoms with E-state index in [1.54, 1.807) is 20.0 Å². The monoisotopic (exact) mass is 275 g/mol. The SMILES string of the molecule is CNc1ccccc1C(=O)NC(C)C(=O)N1CCCC1. The number of carbonyl (C=O) groups excluding carboxylic acids is 2. The van der Waals surface area contributed by atoms with Crippen LogP contribution in [0.2, 0.25) is 0 Å². The quantitative estimate of drug-likeness (QED) is 0.874. The van der Waals surface area contributed by atoms with Gasteiger partial charge in [0.1, 0.15) is 6.04 Å². The van der Waals surface area contributed by atoms with E-state index in [0.717, 1.165) is 31.6 Å². The van der Waals surface area contributed by atoms with Gasteiger partial charge in [0.25, 0.3) is 5.91 Å². The van der Waals surface area contributed by atoms with E-state index in [9.17, 15) is 9.59 Å². The molecule has 108 valence electrons. The molecule has 1 aliphatic rings. The van der Waals surface area contributed by atoms with E-state index < -0.39 is 6.04 Å². The third-order valence-electron chi connectivity index (χ3n) is 3.58. The van der Waals surface area contributed by atoms with Crippen molar-refractivity contribution in [1.29, 1.82) is 0 Å². The third kappa shape index (κ3) is 3.10. The standard InChI is InChI=1S/C15H21N3O2/c1-11(15(20)18-9-5-6-10-18)17-14(19)12-7-3-4-8-13(12)16-2/h3-4,7-8,11,16H,5-6,9-10H2,1-2H3,(H,17,19). The second-order valence-electron chi connectivity index (χ2n) is 5.02. The lowest BCUT2D eigenvalue weighted by atomic mass is 10.1. The summed E-state index contributed by atoms with van der Waals surface area (Å²) in [5.74, 6) is -0.229. The van der Waals surface area contributed by atoms with Gasteiger partial charge in [-0.2, -0.15) is 0 Å². The molecule has 5 heteroatoms. The van der Waals surface area contributed by atoms with Gasteiger partial charge in [-0.1, -0.05) is 12.1 Å². The Labute approximate surface area is 119 Å². The predicted molar refractivity (Wildman–Crippen MR) is 78.7 cm³/mol. The molecule has 2 rings (SSSR count). The number of anilines is 1.